The maximum atomic E-state index is 12.7. The van der Waals surface area contributed by atoms with Crippen LogP contribution in [0.2, 0.25) is 0 Å². The zero-order valence-electron chi connectivity index (χ0n) is 14.4. The van der Waals surface area contributed by atoms with Gasteiger partial charge in [-0.3, -0.25) is 9.59 Å². The van der Waals surface area contributed by atoms with Gasteiger partial charge in [-0.25, -0.2) is 0 Å². The summed E-state index contributed by atoms with van der Waals surface area (Å²) in [7, 11) is 0. The number of carbonyl (C=O) groups is 2. The number of carbonyl (C=O) groups excluding carboxylic acids is 2. The van der Waals surface area contributed by atoms with E-state index in [1.807, 2.05) is 41.0 Å². The summed E-state index contributed by atoms with van der Waals surface area (Å²) in [5.74, 6) is 0.688. The molecule has 0 bridgehead atoms. The fourth-order valence-electron chi connectivity index (χ4n) is 3.84. The van der Waals surface area contributed by atoms with E-state index in [-0.39, 0.29) is 11.8 Å². The summed E-state index contributed by atoms with van der Waals surface area (Å²) in [6, 6.07) is 7.69. The van der Waals surface area contributed by atoms with Gasteiger partial charge in [-0.2, -0.15) is 15.4 Å². The van der Waals surface area contributed by atoms with Crippen molar-refractivity contribution in [2.75, 3.05) is 26.2 Å². The molecule has 2 atom stereocenters. The monoisotopic (exact) mass is 339 g/mol. The van der Waals surface area contributed by atoms with E-state index in [1.165, 1.54) is 0 Å². The molecule has 2 amide bonds. The van der Waals surface area contributed by atoms with Crippen molar-refractivity contribution >= 4 is 11.8 Å². The van der Waals surface area contributed by atoms with Gasteiger partial charge < -0.3 is 9.80 Å². The van der Waals surface area contributed by atoms with Crippen LogP contribution in [0, 0.1) is 25.7 Å². The van der Waals surface area contributed by atoms with Crippen molar-refractivity contribution in [2.45, 2.75) is 13.8 Å². The highest BCUT2D eigenvalue weighted by Gasteiger charge is 2.43. The molecule has 7 nitrogen and oxygen atoms in total. The number of hydrogen-bond acceptors (Lipinski definition) is 4. The quantitative estimate of drug-likeness (QED) is 0.893. The van der Waals surface area contributed by atoms with Crippen LogP contribution in [0.1, 0.15) is 32.1 Å². The Morgan fingerprint density at radius 1 is 0.920 bits per heavy atom. The molecule has 25 heavy (non-hydrogen) atoms. The number of nitrogens with one attached hydrogen (secondary N) is 1. The molecule has 0 radical (unpaired) electrons. The standard InChI is InChI=1S/C18H21N5O2/c1-11-3-5-13(6-4-11)17(24)22-7-14-9-23(10-15(14)8-22)18(25)16-12(2)19-21-20-16/h3-6,14-15H,7-10H2,1-2H3,(H,19,20,21)/t14-,15+. The van der Waals surface area contributed by atoms with E-state index < -0.39 is 0 Å². The average molecular weight is 339 g/mol. The number of rotatable bonds is 2. The Labute approximate surface area is 146 Å². The third-order valence-corrected chi connectivity index (χ3v) is 5.28. The average Bonchev–Trinajstić information content (AvgIpc) is 3.28. The molecule has 4 rings (SSSR count). The molecule has 0 unspecified atom stereocenters. The van der Waals surface area contributed by atoms with Gasteiger partial charge in [0, 0.05) is 43.6 Å². The SMILES string of the molecule is Cc1ccc(C(=O)N2C[C@@H]3CN(C(=O)c4n[nH]nc4C)C[C@@H]3C2)cc1. The highest BCUT2D eigenvalue weighted by Crippen LogP contribution is 2.32. The number of aryl methyl sites for hydroxylation is 2. The third kappa shape index (κ3) is 2.79. The molecular formula is C18H21N5O2. The lowest BCUT2D eigenvalue weighted by Crippen LogP contribution is -2.36. The highest BCUT2D eigenvalue weighted by atomic mass is 16.2. The van der Waals surface area contributed by atoms with E-state index in [2.05, 4.69) is 15.4 Å². The number of nitrogens with zero attached hydrogens (tertiary/aromatic N) is 4. The van der Waals surface area contributed by atoms with Crippen LogP contribution in [0.5, 0.6) is 0 Å². The first kappa shape index (κ1) is 15.8. The van der Waals surface area contributed by atoms with E-state index in [0.717, 1.165) is 11.1 Å². The molecule has 2 saturated heterocycles. The normalized spacial score (nSPS) is 22.3. The second-order valence-electron chi connectivity index (χ2n) is 7.06. The lowest BCUT2D eigenvalue weighted by atomic mass is 10.0. The fourth-order valence-corrected chi connectivity index (χ4v) is 3.84. The van der Waals surface area contributed by atoms with E-state index >= 15 is 0 Å². The maximum Gasteiger partial charge on any atom is 0.276 e. The first-order valence-corrected chi connectivity index (χ1v) is 8.55. The number of amides is 2. The molecule has 2 aromatic rings. The smallest absolute Gasteiger partial charge is 0.276 e. The van der Waals surface area contributed by atoms with E-state index in [1.54, 1.807) is 6.92 Å². The number of aromatic amines is 1. The second kappa shape index (κ2) is 5.98. The van der Waals surface area contributed by atoms with Gasteiger partial charge in [0.05, 0.1) is 5.69 Å². The van der Waals surface area contributed by atoms with Gasteiger partial charge >= 0.3 is 0 Å². The van der Waals surface area contributed by atoms with E-state index in [4.69, 9.17) is 0 Å². The summed E-state index contributed by atoms with van der Waals surface area (Å²) in [6.07, 6.45) is 0. The van der Waals surface area contributed by atoms with Crippen molar-refractivity contribution in [3.05, 3.63) is 46.8 Å². The lowest BCUT2D eigenvalue weighted by Gasteiger charge is -2.21. The Balaban J connectivity index is 1.41. The van der Waals surface area contributed by atoms with Crippen molar-refractivity contribution < 1.29 is 9.59 Å². The van der Waals surface area contributed by atoms with Crippen LogP contribution in [0.4, 0.5) is 0 Å². The van der Waals surface area contributed by atoms with Crippen molar-refractivity contribution in [1.82, 2.24) is 25.2 Å². The summed E-state index contributed by atoms with van der Waals surface area (Å²) in [4.78, 5) is 29.0. The van der Waals surface area contributed by atoms with Gasteiger partial charge in [0.1, 0.15) is 0 Å². The Kier molecular flexibility index (Phi) is 3.78. The number of aromatic nitrogens is 3. The van der Waals surface area contributed by atoms with Crippen LogP contribution in [-0.2, 0) is 0 Å². The van der Waals surface area contributed by atoms with Gasteiger partial charge in [-0.05, 0) is 26.0 Å². The second-order valence-corrected chi connectivity index (χ2v) is 7.06. The van der Waals surface area contributed by atoms with Crippen molar-refractivity contribution in [3.8, 4) is 0 Å². The topological polar surface area (TPSA) is 82.2 Å². The summed E-state index contributed by atoms with van der Waals surface area (Å²) in [5.41, 5.74) is 2.90. The predicted octanol–water partition coefficient (Wildman–Crippen LogP) is 1.27. The predicted molar refractivity (Wildman–Crippen MR) is 91.1 cm³/mol. The van der Waals surface area contributed by atoms with Gasteiger partial charge in [-0.15, -0.1) is 0 Å². The zero-order chi connectivity index (χ0) is 17.6. The number of H-pyrrole nitrogens is 1. The molecule has 130 valence electrons. The molecule has 2 aliphatic heterocycles. The number of fused-ring (bicyclic) bond motifs is 1. The molecule has 1 aromatic carbocycles. The Bertz CT molecular complexity index is 799. The van der Waals surface area contributed by atoms with Crippen LogP contribution >= 0.6 is 0 Å². The third-order valence-electron chi connectivity index (χ3n) is 5.28. The summed E-state index contributed by atoms with van der Waals surface area (Å²) < 4.78 is 0. The van der Waals surface area contributed by atoms with Crippen molar-refractivity contribution in [2.24, 2.45) is 11.8 Å². The molecule has 0 spiro atoms. The minimum absolute atomic E-state index is 0.0722. The molecule has 3 heterocycles. The molecular weight excluding hydrogens is 318 g/mol. The van der Waals surface area contributed by atoms with Crippen LogP contribution in [0.3, 0.4) is 0 Å². The Morgan fingerprint density at radius 3 is 2.00 bits per heavy atom. The number of benzene rings is 1. The van der Waals surface area contributed by atoms with Gasteiger partial charge in [0.15, 0.2) is 5.69 Å². The maximum absolute atomic E-state index is 12.7. The van der Waals surface area contributed by atoms with Crippen LogP contribution < -0.4 is 0 Å². The van der Waals surface area contributed by atoms with Crippen molar-refractivity contribution in [3.63, 3.8) is 0 Å². The van der Waals surface area contributed by atoms with E-state index in [0.29, 0.717) is 49.4 Å². The molecule has 1 N–H and O–H groups in total. The molecule has 0 saturated carbocycles. The fraction of sp³-hybridized carbons (Fsp3) is 0.444. The number of hydrogen-bond donors (Lipinski definition) is 1. The van der Waals surface area contributed by atoms with Crippen LogP contribution in [-0.4, -0.2) is 63.2 Å². The molecule has 1 aromatic heterocycles. The lowest BCUT2D eigenvalue weighted by molar-refractivity contribution is 0.0735. The summed E-state index contributed by atoms with van der Waals surface area (Å²) in [5, 5.41) is 10.4. The van der Waals surface area contributed by atoms with Gasteiger partial charge in [0.25, 0.3) is 11.8 Å². The van der Waals surface area contributed by atoms with Crippen LogP contribution in [0.15, 0.2) is 24.3 Å². The Hall–Kier alpha value is -2.70. The molecule has 7 heteroatoms. The van der Waals surface area contributed by atoms with E-state index in [9.17, 15) is 9.59 Å². The molecule has 0 aliphatic carbocycles. The van der Waals surface area contributed by atoms with Gasteiger partial charge in [-0.1, -0.05) is 17.7 Å². The summed E-state index contributed by atoms with van der Waals surface area (Å²) in [6.45, 7) is 6.55. The largest absolute Gasteiger partial charge is 0.338 e. The number of likely N-dealkylation sites (tertiary alicyclic amines) is 2. The zero-order valence-corrected chi connectivity index (χ0v) is 14.4. The van der Waals surface area contributed by atoms with Crippen LogP contribution in [0.25, 0.3) is 0 Å². The molecule has 2 fully saturated rings. The van der Waals surface area contributed by atoms with Crippen molar-refractivity contribution in [1.29, 1.82) is 0 Å². The minimum Gasteiger partial charge on any atom is -0.338 e. The molecule has 2 aliphatic rings. The first-order chi connectivity index (χ1) is 12.0. The Morgan fingerprint density at radius 2 is 1.48 bits per heavy atom. The van der Waals surface area contributed by atoms with Gasteiger partial charge in [0.2, 0.25) is 0 Å². The highest BCUT2D eigenvalue weighted by molar-refractivity contribution is 5.95. The summed E-state index contributed by atoms with van der Waals surface area (Å²) >= 11 is 0. The first-order valence-electron chi connectivity index (χ1n) is 8.55. The minimum atomic E-state index is -0.0722.